The lowest BCUT2D eigenvalue weighted by molar-refractivity contribution is 0.0118. The van der Waals surface area contributed by atoms with Gasteiger partial charge in [-0.25, -0.2) is 0 Å². The summed E-state index contributed by atoms with van der Waals surface area (Å²) in [5.74, 6) is 0.285. The predicted molar refractivity (Wildman–Crippen MR) is 77.8 cm³/mol. The van der Waals surface area contributed by atoms with Gasteiger partial charge in [-0.2, -0.15) is 0 Å². The fourth-order valence-electron chi connectivity index (χ4n) is 2.40. The second-order valence-corrected chi connectivity index (χ2v) is 6.53. The largest absolute Gasteiger partial charge is 0.389 e. The molecular formula is C15H32N2O. The Balaban J connectivity index is 2.26. The highest BCUT2D eigenvalue weighted by Gasteiger charge is 2.25. The average Bonchev–Trinajstić information content (AvgIpc) is 2.55. The third-order valence-electron chi connectivity index (χ3n) is 4.35. The van der Waals surface area contributed by atoms with Crippen LogP contribution in [0.25, 0.3) is 0 Å². The van der Waals surface area contributed by atoms with Crippen LogP contribution >= 0.6 is 0 Å². The van der Waals surface area contributed by atoms with Gasteiger partial charge < -0.3 is 15.7 Å². The number of hydrogen-bond donors (Lipinski definition) is 3. The Bertz CT molecular complexity index is 221. The second-order valence-electron chi connectivity index (χ2n) is 6.53. The summed E-state index contributed by atoms with van der Waals surface area (Å²) in [6, 6.07) is 1.12. The molecule has 0 aliphatic carbocycles. The number of rotatable bonds is 6. The van der Waals surface area contributed by atoms with Gasteiger partial charge in [0, 0.05) is 18.6 Å². The van der Waals surface area contributed by atoms with Crippen molar-refractivity contribution in [2.45, 2.75) is 77.5 Å². The zero-order valence-corrected chi connectivity index (χ0v) is 12.6. The van der Waals surface area contributed by atoms with Crippen molar-refractivity contribution in [1.82, 2.24) is 10.6 Å². The first kappa shape index (κ1) is 15.9. The van der Waals surface area contributed by atoms with E-state index < -0.39 is 5.60 Å². The Morgan fingerprint density at radius 1 is 1.28 bits per heavy atom. The summed E-state index contributed by atoms with van der Waals surface area (Å²) in [4.78, 5) is 0. The lowest BCUT2D eigenvalue weighted by atomic mass is 9.92. The topological polar surface area (TPSA) is 44.3 Å². The molecule has 18 heavy (non-hydrogen) atoms. The molecule has 1 aliphatic heterocycles. The molecule has 0 radical (unpaired) electrons. The summed E-state index contributed by atoms with van der Waals surface area (Å²) < 4.78 is 0. The summed E-state index contributed by atoms with van der Waals surface area (Å²) in [6.07, 6.45) is 6.50. The van der Waals surface area contributed by atoms with Crippen molar-refractivity contribution >= 4 is 0 Å². The SMILES string of the molecule is CC(CC1CCCCCN1)NCC(C)(O)C(C)C. The van der Waals surface area contributed by atoms with E-state index in [1.807, 2.05) is 6.92 Å². The molecule has 0 spiro atoms. The van der Waals surface area contributed by atoms with Gasteiger partial charge >= 0.3 is 0 Å². The number of aliphatic hydroxyl groups is 1. The molecule has 3 N–H and O–H groups in total. The standard InChI is InChI=1S/C15H32N2O/c1-12(2)15(4,18)11-17-13(3)10-14-8-6-5-7-9-16-14/h12-14,16-18H,5-11H2,1-4H3. The minimum Gasteiger partial charge on any atom is -0.389 e. The zero-order valence-electron chi connectivity index (χ0n) is 12.6. The molecule has 0 saturated carbocycles. The van der Waals surface area contributed by atoms with Crippen LogP contribution in [0.3, 0.4) is 0 Å². The van der Waals surface area contributed by atoms with Crippen molar-refractivity contribution < 1.29 is 5.11 Å². The Labute approximate surface area is 113 Å². The van der Waals surface area contributed by atoms with Crippen molar-refractivity contribution in [3.8, 4) is 0 Å². The first-order valence-electron chi connectivity index (χ1n) is 7.61. The van der Waals surface area contributed by atoms with Crippen LogP contribution in [0.2, 0.25) is 0 Å². The third-order valence-corrected chi connectivity index (χ3v) is 4.35. The van der Waals surface area contributed by atoms with Gasteiger partial charge in [-0.1, -0.05) is 26.7 Å². The highest BCUT2D eigenvalue weighted by molar-refractivity contribution is 4.82. The van der Waals surface area contributed by atoms with E-state index in [-0.39, 0.29) is 5.92 Å². The van der Waals surface area contributed by atoms with E-state index in [0.29, 0.717) is 18.6 Å². The summed E-state index contributed by atoms with van der Waals surface area (Å²) in [5.41, 5.74) is -0.606. The van der Waals surface area contributed by atoms with Crippen LogP contribution < -0.4 is 10.6 Å². The Morgan fingerprint density at radius 2 is 2.00 bits per heavy atom. The molecule has 0 aromatic heterocycles. The van der Waals surface area contributed by atoms with Gasteiger partial charge in [0.1, 0.15) is 0 Å². The summed E-state index contributed by atoms with van der Waals surface area (Å²) in [5, 5.41) is 17.3. The van der Waals surface area contributed by atoms with Gasteiger partial charge in [-0.05, 0) is 45.6 Å². The van der Waals surface area contributed by atoms with Crippen molar-refractivity contribution in [3.63, 3.8) is 0 Å². The van der Waals surface area contributed by atoms with Gasteiger partial charge in [0.25, 0.3) is 0 Å². The van der Waals surface area contributed by atoms with Crippen LogP contribution in [-0.4, -0.2) is 35.9 Å². The molecule has 1 heterocycles. The molecule has 0 aromatic carbocycles. The molecule has 1 saturated heterocycles. The molecule has 0 amide bonds. The van der Waals surface area contributed by atoms with Crippen LogP contribution in [0, 0.1) is 5.92 Å². The normalized spacial score (nSPS) is 26.7. The van der Waals surface area contributed by atoms with Crippen LogP contribution in [0.5, 0.6) is 0 Å². The predicted octanol–water partition coefficient (Wildman–Crippen LogP) is 2.29. The first-order chi connectivity index (χ1) is 8.42. The smallest absolute Gasteiger partial charge is 0.0766 e. The molecule has 3 nitrogen and oxygen atoms in total. The molecule has 3 atom stereocenters. The molecule has 3 unspecified atom stereocenters. The van der Waals surface area contributed by atoms with Gasteiger partial charge in [0.15, 0.2) is 0 Å². The van der Waals surface area contributed by atoms with Gasteiger partial charge in [-0.15, -0.1) is 0 Å². The summed E-state index contributed by atoms with van der Waals surface area (Å²) in [6.45, 7) is 10.1. The van der Waals surface area contributed by atoms with Crippen molar-refractivity contribution in [2.24, 2.45) is 5.92 Å². The Kier molecular flexibility index (Phi) is 6.61. The van der Waals surface area contributed by atoms with E-state index in [1.165, 1.54) is 32.2 Å². The highest BCUT2D eigenvalue weighted by atomic mass is 16.3. The Hall–Kier alpha value is -0.120. The van der Waals surface area contributed by atoms with Gasteiger partial charge in [-0.3, -0.25) is 0 Å². The van der Waals surface area contributed by atoms with Gasteiger partial charge in [0.2, 0.25) is 0 Å². The maximum Gasteiger partial charge on any atom is 0.0766 e. The summed E-state index contributed by atoms with van der Waals surface area (Å²) >= 11 is 0. The van der Waals surface area contributed by atoms with Crippen LogP contribution in [0.1, 0.15) is 59.8 Å². The summed E-state index contributed by atoms with van der Waals surface area (Å²) in [7, 11) is 0. The highest BCUT2D eigenvalue weighted by Crippen LogP contribution is 2.16. The molecule has 1 fully saturated rings. The molecule has 1 aliphatic rings. The average molecular weight is 256 g/mol. The molecule has 1 rings (SSSR count). The second kappa shape index (κ2) is 7.46. The van der Waals surface area contributed by atoms with Crippen LogP contribution in [0.4, 0.5) is 0 Å². The van der Waals surface area contributed by atoms with E-state index in [1.54, 1.807) is 0 Å². The van der Waals surface area contributed by atoms with Crippen LogP contribution in [0.15, 0.2) is 0 Å². The van der Waals surface area contributed by atoms with Crippen molar-refractivity contribution in [3.05, 3.63) is 0 Å². The molecule has 108 valence electrons. The Morgan fingerprint density at radius 3 is 2.67 bits per heavy atom. The molecule has 3 heteroatoms. The quantitative estimate of drug-likeness (QED) is 0.683. The van der Waals surface area contributed by atoms with Crippen molar-refractivity contribution in [2.75, 3.05) is 13.1 Å². The van der Waals surface area contributed by atoms with E-state index in [0.717, 1.165) is 6.42 Å². The first-order valence-corrected chi connectivity index (χ1v) is 7.61. The zero-order chi connectivity index (χ0) is 13.6. The third kappa shape index (κ3) is 5.68. The van der Waals surface area contributed by atoms with Crippen molar-refractivity contribution in [1.29, 1.82) is 0 Å². The molecule has 0 aromatic rings. The number of nitrogens with one attached hydrogen (secondary N) is 2. The lowest BCUT2D eigenvalue weighted by Crippen LogP contribution is -2.46. The van der Waals surface area contributed by atoms with E-state index >= 15 is 0 Å². The monoisotopic (exact) mass is 256 g/mol. The minimum atomic E-state index is -0.606. The van der Waals surface area contributed by atoms with E-state index in [9.17, 15) is 5.11 Å². The fourth-order valence-corrected chi connectivity index (χ4v) is 2.40. The van der Waals surface area contributed by atoms with E-state index in [4.69, 9.17) is 0 Å². The maximum atomic E-state index is 10.2. The van der Waals surface area contributed by atoms with Gasteiger partial charge in [0.05, 0.1) is 5.60 Å². The molecular weight excluding hydrogens is 224 g/mol. The molecule has 0 bridgehead atoms. The fraction of sp³-hybridized carbons (Fsp3) is 1.00. The lowest BCUT2D eigenvalue weighted by Gasteiger charge is -2.30. The number of hydrogen-bond acceptors (Lipinski definition) is 3. The minimum absolute atomic E-state index is 0.285. The van der Waals surface area contributed by atoms with Crippen LogP contribution in [-0.2, 0) is 0 Å². The van der Waals surface area contributed by atoms with E-state index in [2.05, 4.69) is 31.4 Å². The maximum absolute atomic E-state index is 10.2.